The molecule has 0 aliphatic carbocycles. The lowest BCUT2D eigenvalue weighted by molar-refractivity contribution is 0.0974. The highest BCUT2D eigenvalue weighted by atomic mass is 79.9. The first-order valence-electron chi connectivity index (χ1n) is 8.56. The molecule has 148 valence electrons. The molecule has 0 bridgehead atoms. The van der Waals surface area contributed by atoms with Crippen LogP contribution in [-0.2, 0) is 4.74 Å². The van der Waals surface area contributed by atoms with Gasteiger partial charge in [0.2, 0.25) is 0 Å². The molecule has 2 aromatic carbocycles. The fourth-order valence-corrected chi connectivity index (χ4v) is 3.76. The van der Waals surface area contributed by atoms with Crippen molar-refractivity contribution in [2.45, 2.75) is 0 Å². The SMILES string of the molecule is COc1ccc(Br)cc1C(=O)NC(=S)Nc1cccc(Cl)c1N1CCOCC1. The van der Waals surface area contributed by atoms with E-state index in [1.54, 1.807) is 18.2 Å². The smallest absolute Gasteiger partial charge is 0.261 e. The standard InChI is InChI=1S/C19H19BrClN3O3S/c1-26-16-6-5-12(20)11-13(16)18(25)23-19(28)22-15-4-2-3-14(21)17(15)24-7-9-27-10-8-24/h2-6,11H,7-10H2,1H3,(H2,22,23,25,28). The maximum Gasteiger partial charge on any atom is 0.261 e. The number of thiocarbonyl (C=S) groups is 1. The van der Waals surface area contributed by atoms with Crippen molar-refractivity contribution in [3.05, 3.63) is 51.5 Å². The summed E-state index contributed by atoms with van der Waals surface area (Å²) < 4.78 is 11.4. The van der Waals surface area contributed by atoms with Gasteiger partial charge in [0.25, 0.3) is 5.91 Å². The number of nitrogens with one attached hydrogen (secondary N) is 2. The van der Waals surface area contributed by atoms with Crippen molar-refractivity contribution in [2.75, 3.05) is 43.6 Å². The summed E-state index contributed by atoms with van der Waals surface area (Å²) in [5.74, 6) is 0.0888. The highest BCUT2D eigenvalue weighted by Gasteiger charge is 2.19. The molecule has 0 aromatic heterocycles. The molecule has 2 N–H and O–H groups in total. The second kappa shape index (κ2) is 9.56. The van der Waals surface area contributed by atoms with E-state index in [1.807, 2.05) is 18.2 Å². The van der Waals surface area contributed by atoms with E-state index in [9.17, 15) is 4.79 Å². The van der Waals surface area contributed by atoms with Crippen LogP contribution in [0.1, 0.15) is 10.4 Å². The highest BCUT2D eigenvalue weighted by Crippen LogP contribution is 2.34. The minimum atomic E-state index is -0.370. The predicted molar refractivity (Wildman–Crippen MR) is 119 cm³/mol. The molecular weight excluding hydrogens is 466 g/mol. The molecule has 3 rings (SSSR count). The third kappa shape index (κ3) is 4.94. The van der Waals surface area contributed by atoms with Crippen molar-refractivity contribution in [2.24, 2.45) is 0 Å². The van der Waals surface area contributed by atoms with Crippen LogP contribution < -0.4 is 20.3 Å². The Labute approximate surface area is 182 Å². The molecule has 1 fully saturated rings. The minimum Gasteiger partial charge on any atom is -0.496 e. The third-order valence-corrected chi connectivity index (χ3v) is 5.20. The van der Waals surface area contributed by atoms with Crippen molar-refractivity contribution in [3.63, 3.8) is 0 Å². The number of methoxy groups -OCH3 is 1. The number of hydrogen-bond donors (Lipinski definition) is 2. The number of carbonyl (C=O) groups excluding carboxylic acids is 1. The Balaban J connectivity index is 1.76. The fraction of sp³-hybridized carbons (Fsp3) is 0.263. The zero-order valence-corrected chi connectivity index (χ0v) is 18.3. The lowest BCUT2D eigenvalue weighted by Gasteiger charge is -2.31. The van der Waals surface area contributed by atoms with Crippen molar-refractivity contribution < 1.29 is 14.3 Å². The zero-order valence-electron chi connectivity index (χ0n) is 15.1. The van der Waals surface area contributed by atoms with Gasteiger partial charge in [-0.2, -0.15) is 0 Å². The number of morpholine rings is 1. The largest absolute Gasteiger partial charge is 0.496 e. The summed E-state index contributed by atoms with van der Waals surface area (Å²) in [5.41, 5.74) is 1.94. The highest BCUT2D eigenvalue weighted by molar-refractivity contribution is 9.10. The second-order valence-electron chi connectivity index (χ2n) is 5.99. The van der Waals surface area contributed by atoms with Crippen LogP contribution in [0.25, 0.3) is 0 Å². The quantitative estimate of drug-likeness (QED) is 0.638. The van der Waals surface area contributed by atoms with E-state index < -0.39 is 0 Å². The number of halogens is 2. The number of benzene rings is 2. The monoisotopic (exact) mass is 483 g/mol. The van der Waals surface area contributed by atoms with Crippen LogP contribution in [0, 0.1) is 0 Å². The van der Waals surface area contributed by atoms with Crippen LogP contribution in [0.2, 0.25) is 5.02 Å². The molecule has 0 radical (unpaired) electrons. The molecule has 9 heteroatoms. The molecule has 1 amide bonds. The van der Waals surface area contributed by atoms with E-state index in [4.69, 9.17) is 33.3 Å². The molecule has 1 aliphatic heterocycles. The van der Waals surface area contributed by atoms with Crippen LogP contribution in [0.5, 0.6) is 5.75 Å². The second-order valence-corrected chi connectivity index (χ2v) is 7.72. The number of anilines is 2. The Morgan fingerprint density at radius 3 is 2.75 bits per heavy atom. The summed E-state index contributed by atoms with van der Waals surface area (Å²) in [7, 11) is 1.51. The predicted octanol–water partition coefficient (Wildman–Crippen LogP) is 4.07. The number of nitrogens with zero attached hydrogens (tertiary/aromatic N) is 1. The Morgan fingerprint density at radius 2 is 2.04 bits per heavy atom. The number of ether oxygens (including phenoxy) is 2. The van der Waals surface area contributed by atoms with Gasteiger partial charge in [-0.1, -0.05) is 33.6 Å². The van der Waals surface area contributed by atoms with Crippen molar-refractivity contribution in [1.29, 1.82) is 0 Å². The van der Waals surface area contributed by atoms with Gasteiger partial charge in [-0.05, 0) is 42.5 Å². The van der Waals surface area contributed by atoms with E-state index in [1.165, 1.54) is 7.11 Å². The molecular formula is C19H19BrClN3O3S. The van der Waals surface area contributed by atoms with Crippen molar-refractivity contribution in [1.82, 2.24) is 5.32 Å². The van der Waals surface area contributed by atoms with Gasteiger partial charge in [0, 0.05) is 17.6 Å². The first-order chi connectivity index (χ1) is 13.5. The summed E-state index contributed by atoms with van der Waals surface area (Å²) in [4.78, 5) is 14.8. The Bertz CT molecular complexity index is 891. The Morgan fingerprint density at radius 1 is 1.29 bits per heavy atom. The number of para-hydroxylation sites is 1. The zero-order chi connectivity index (χ0) is 20.1. The number of hydrogen-bond acceptors (Lipinski definition) is 5. The van der Waals surface area contributed by atoms with Crippen LogP contribution in [0.4, 0.5) is 11.4 Å². The lowest BCUT2D eigenvalue weighted by Crippen LogP contribution is -2.38. The maximum absolute atomic E-state index is 12.6. The first-order valence-corrected chi connectivity index (χ1v) is 10.1. The number of amides is 1. The summed E-state index contributed by atoms with van der Waals surface area (Å²) in [6.45, 7) is 2.72. The molecule has 0 unspecified atom stereocenters. The third-order valence-electron chi connectivity index (χ3n) is 4.20. The van der Waals surface area contributed by atoms with Crippen LogP contribution in [0.15, 0.2) is 40.9 Å². The van der Waals surface area contributed by atoms with Gasteiger partial charge in [0.05, 0.1) is 42.3 Å². The van der Waals surface area contributed by atoms with Gasteiger partial charge in [-0.3, -0.25) is 10.1 Å². The summed E-state index contributed by atoms with van der Waals surface area (Å²) in [5, 5.41) is 6.55. The average Bonchev–Trinajstić information content (AvgIpc) is 2.68. The normalized spacial score (nSPS) is 13.8. The molecule has 2 aromatic rings. The topological polar surface area (TPSA) is 62.8 Å². The van der Waals surface area contributed by atoms with E-state index in [-0.39, 0.29) is 11.0 Å². The van der Waals surface area contributed by atoms with E-state index in [2.05, 4.69) is 31.5 Å². The van der Waals surface area contributed by atoms with Crippen LogP contribution in [0.3, 0.4) is 0 Å². The average molecular weight is 485 g/mol. The Hall–Kier alpha value is -1.87. The van der Waals surface area contributed by atoms with E-state index in [0.29, 0.717) is 29.5 Å². The van der Waals surface area contributed by atoms with E-state index >= 15 is 0 Å². The van der Waals surface area contributed by atoms with Crippen molar-refractivity contribution in [3.8, 4) is 5.75 Å². The molecule has 1 aliphatic rings. The maximum atomic E-state index is 12.6. The molecule has 1 heterocycles. The van der Waals surface area contributed by atoms with Crippen molar-refractivity contribution >= 4 is 62.1 Å². The van der Waals surface area contributed by atoms with Gasteiger partial charge in [-0.15, -0.1) is 0 Å². The molecule has 28 heavy (non-hydrogen) atoms. The molecule has 6 nitrogen and oxygen atoms in total. The van der Waals surface area contributed by atoms with Gasteiger partial charge in [-0.25, -0.2) is 0 Å². The van der Waals surface area contributed by atoms with Crippen LogP contribution >= 0.6 is 39.7 Å². The van der Waals surface area contributed by atoms with Gasteiger partial charge in [0.1, 0.15) is 5.75 Å². The Kier molecular flexibility index (Phi) is 7.12. The summed E-state index contributed by atoms with van der Waals surface area (Å²) in [6.07, 6.45) is 0. The van der Waals surface area contributed by atoms with Gasteiger partial charge >= 0.3 is 0 Å². The van der Waals surface area contributed by atoms with Crippen LogP contribution in [-0.4, -0.2) is 44.4 Å². The molecule has 0 atom stereocenters. The number of carbonyl (C=O) groups is 1. The first kappa shape index (κ1) is 20.9. The minimum absolute atomic E-state index is 0.170. The molecule has 0 saturated carbocycles. The van der Waals surface area contributed by atoms with E-state index in [0.717, 1.165) is 28.9 Å². The summed E-state index contributed by atoms with van der Waals surface area (Å²) >= 11 is 15.1. The molecule has 1 saturated heterocycles. The lowest BCUT2D eigenvalue weighted by atomic mass is 10.2. The summed E-state index contributed by atoms with van der Waals surface area (Å²) in [6, 6.07) is 10.7. The van der Waals surface area contributed by atoms with Gasteiger partial charge in [0.15, 0.2) is 5.11 Å². The molecule has 0 spiro atoms. The number of rotatable bonds is 4. The van der Waals surface area contributed by atoms with Gasteiger partial charge < -0.3 is 19.7 Å². The fourth-order valence-electron chi connectivity index (χ4n) is 2.91.